The molecule has 1 atom stereocenters. The Morgan fingerprint density at radius 2 is 1.81 bits per heavy atom. The number of nitrogens with two attached hydrogens (primary N) is 1. The van der Waals surface area contributed by atoms with Crippen LogP contribution in [0, 0.1) is 5.41 Å². The molecule has 0 saturated heterocycles. The van der Waals surface area contributed by atoms with Crippen LogP contribution in [0.2, 0.25) is 0 Å². The summed E-state index contributed by atoms with van der Waals surface area (Å²) in [6.45, 7) is 5.54. The number of H-pyrrole nitrogens is 2. The van der Waals surface area contributed by atoms with Gasteiger partial charge in [0.05, 0.1) is 22.5 Å². The number of aromatic nitrogens is 2. The topological polar surface area (TPSA) is 121 Å². The number of hydrogen-bond donors (Lipinski definition) is 4. The summed E-state index contributed by atoms with van der Waals surface area (Å²) in [6.07, 6.45) is 0. The Morgan fingerprint density at radius 3 is 2.43 bits per heavy atom. The van der Waals surface area contributed by atoms with Crippen LogP contribution in [0.1, 0.15) is 20.8 Å². The van der Waals surface area contributed by atoms with Gasteiger partial charge in [-0.15, -0.1) is 0 Å². The van der Waals surface area contributed by atoms with Gasteiger partial charge in [0.1, 0.15) is 0 Å². The molecule has 0 unspecified atom stereocenters. The van der Waals surface area contributed by atoms with Crippen LogP contribution in [-0.2, 0) is 4.79 Å². The van der Waals surface area contributed by atoms with Crippen molar-refractivity contribution in [2.24, 2.45) is 11.1 Å². The molecule has 0 aliphatic heterocycles. The van der Waals surface area contributed by atoms with Gasteiger partial charge in [-0.1, -0.05) is 26.8 Å². The van der Waals surface area contributed by atoms with Crippen molar-refractivity contribution < 1.29 is 4.79 Å². The molecule has 0 fully saturated rings. The fourth-order valence-corrected chi connectivity index (χ4v) is 1.94. The maximum absolute atomic E-state index is 12.2. The van der Waals surface area contributed by atoms with Gasteiger partial charge in [-0.3, -0.25) is 24.6 Å². The normalized spacial score (nSPS) is 13.1. The lowest BCUT2D eigenvalue weighted by molar-refractivity contribution is -0.119. The summed E-state index contributed by atoms with van der Waals surface area (Å²) in [7, 11) is 0. The van der Waals surface area contributed by atoms with Gasteiger partial charge in [0.25, 0.3) is 11.1 Å². The van der Waals surface area contributed by atoms with Gasteiger partial charge in [-0.25, -0.2) is 0 Å². The second-order valence-electron chi connectivity index (χ2n) is 5.97. The Hall–Kier alpha value is -2.41. The fraction of sp³-hybridized carbons (Fsp3) is 0.357. The Morgan fingerprint density at radius 1 is 1.19 bits per heavy atom. The third kappa shape index (κ3) is 2.87. The molecule has 1 aromatic carbocycles. The summed E-state index contributed by atoms with van der Waals surface area (Å²) < 4.78 is 0. The van der Waals surface area contributed by atoms with E-state index >= 15 is 0 Å². The standard InChI is InChI=1S/C14H18N4O3/c1-14(2,3)10(15)13(21)16-8-6-4-5-7-9(8)12(20)18-17-11(7)19/h4-6,10H,15H2,1-3H3,(H,16,21)(H,17,19)(H,18,20)/t10-/m0/s1. The molecule has 0 saturated carbocycles. The zero-order valence-electron chi connectivity index (χ0n) is 12.1. The minimum absolute atomic E-state index is 0.135. The minimum Gasteiger partial charge on any atom is -0.324 e. The van der Waals surface area contributed by atoms with Crippen LogP contribution in [0.25, 0.3) is 10.8 Å². The van der Waals surface area contributed by atoms with Crippen molar-refractivity contribution in [3.05, 3.63) is 38.9 Å². The molecule has 5 N–H and O–H groups in total. The van der Waals surface area contributed by atoms with Crippen LogP contribution in [0.5, 0.6) is 0 Å². The molecule has 0 bridgehead atoms. The summed E-state index contributed by atoms with van der Waals surface area (Å²) in [5.74, 6) is -0.408. The number of aromatic amines is 2. The fourth-order valence-electron chi connectivity index (χ4n) is 1.94. The Labute approximate surface area is 120 Å². The van der Waals surface area contributed by atoms with E-state index in [9.17, 15) is 14.4 Å². The molecule has 0 aliphatic carbocycles. The van der Waals surface area contributed by atoms with Crippen molar-refractivity contribution in [2.75, 3.05) is 5.32 Å². The molecule has 1 aromatic heterocycles. The second-order valence-corrected chi connectivity index (χ2v) is 5.97. The molecule has 2 rings (SSSR count). The van der Waals surface area contributed by atoms with Crippen LogP contribution in [0.3, 0.4) is 0 Å². The molecule has 21 heavy (non-hydrogen) atoms. The summed E-state index contributed by atoms with van der Waals surface area (Å²) in [6, 6.07) is 3.93. The van der Waals surface area contributed by atoms with E-state index in [0.717, 1.165) is 0 Å². The zero-order chi connectivity index (χ0) is 15.8. The van der Waals surface area contributed by atoms with E-state index in [4.69, 9.17) is 5.73 Å². The highest BCUT2D eigenvalue weighted by atomic mass is 16.2. The van der Waals surface area contributed by atoms with Crippen LogP contribution >= 0.6 is 0 Å². The first-order chi connectivity index (χ1) is 9.71. The number of fused-ring (bicyclic) bond motifs is 1. The summed E-state index contributed by atoms with van der Waals surface area (Å²) in [5, 5.41) is 7.45. The van der Waals surface area contributed by atoms with Gasteiger partial charge in [0, 0.05) is 0 Å². The van der Waals surface area contributed by atoms with E-state index in [1.807, 2.05) is 20.8 Å². The molecule has 1 amide bonds. The third-order valence-electron chi connectivity index (χ3n) is 3.30. The Kier molecular flexibility index (Phi) is 3.69. The Bertz CT molecular complexity index is 798. The zero-order valence-corrected chi connectivity index (χ0v) is 12.1. The molecule has 7 heteroatoms. The van der Waals surface area contributed by atoms with E-state index < -0.39 is 28.5 Å². The number of hydrogen-bond acceptors (Lipinski definition) is 4. The molecule has 2 aromatic rings. The average Bonchev–Trinajstić information content (AvgIpc) is 2.41. The molecular formula is C14H18N4O3. The molecule has 7 nitrogen and oxygen atoms in total. The number of anilines is 1. The lowest BCUT2D eigenvalue weighted by Gasteiger charge is -2.25. The minimum atomic E-state index is -0.742. The maximum atomic E-state index is 12.2. The van der Waals surface area contributed by atoms with Crippen molar-refractivity contribution >= 4 is 22.4 Å². The Balaban J connectivity index is 2.50. The molecule has 0 radical (unpaired) electrons. The van der Waals surface area contributed by atoms with Gasteiger partial charge in [0.2, 0.25) is 5.91 Å². The van der Waals surface area contributed by atoms with Crippen molar-refractivity contribution in [3.8, 4) is 0 Å². The smallest absolute Gasteiger partial charge is 0.272 e. The summed E-state index contributed by atoms with van der Waals surface area (Å²) >= 11 is 0. The second kappa shape index (κ2) is 5.17. The number of rotatable bonds is 2. The lowest BCUT2D eigenvalue weighted by atomic mass is 9.87. The van der Waals surface area contributed by atoms with Crippen LogP contribution in [0.4, 0.5) is 5.69 Å². The van der Waals surface area contributed by atoms with Crippen LogP contribution in [0.15, 0.2) is 27.8 Å². The molecule has 0 aliphatic rings. The number of nitrogens with one attached hydrogen (secondary N) is 3. The molecule has 1 heterocycles. The number of carbonyl (C=O) groups is 1. The van der Waals surface area contributed by atoms with Gasteiger partial charge in [-0.05, 0) is 17.5 Å². The SMILES string of the molecule is CC(C)(C)[C@@H](N)C(=O)Nc1cccc2c(=O)[nH][nH]c(=O)c12. The van der Waals surface area contributed by atoms with Gasteiger partial charge >= 0.3 is 0 Å². The van der Waals surface area contributed by atoms with E-state index in [2.05, 4.69) is 15.5 Å². The van der Waals surface area contributed by atoms with Crippen molar-refractivity contribution in [1.82, 2.24) is 10.2 Å². The number of carbonyl (C=O) groups excluding carboxylic acids is 1. The van der Waals surface area contributed by atoms with Gasteiger partial charge in [0.15, 0.2) is 0 Å². The van der Waals surface area contributed by atoms with E-state index in [-0.39, 0.29) is 16.5 Å². The predicted octanol–water partition coefficient (Wildman–Crippen LogP) is 0.528. The highest BCUT2D eigenvalue weighted by molar-refractivity contribution is 6.03. The monoisotopic (exact) mass is 290 g/mol. The molecule has 112 valence electrons. The van der Waals surface area contributed by atoms with Crippen molar-refractivity contribution in [3.63, 3.8) is 0 Å². The maximum Gasteiger partial charge on any atom is 0.272 e. The highest BCUT2D eigenvalue weighted by Gasteiger charge is 2.27. The predicted molar refractivity (Wildman–Crippen MR) is 81.2 cm³/mol. The number of benzene rings is 1. The third-order valence-corrected chi connectivity index (χ3v) is 3.30. The summed E-state index contributed by atoms with van der Waals surface area (Å²) in [4.78, 5) is 35.8. The van der Waals surface area contributed by atoms with E-state index in [1.54, 1.807) is 12.1 Å². The van der Waals surface area contributed by atoms with E-state index in [1.165, 1.54) is 6.07 Å². The number of amides is 1. The lowest BCUT2D eigenvalue weighted by Crippen LogP contribution is -2.45. The van der Waals surface area contributed by atoms with Gasteiger partial charge < -0.3 is 11.1 Å². The van der Waals surface area contributed by atoms with Crippen molar-refractivity contribution in [1.29, 1.82) is 0 Å². The average molecular weight is 290 g/mol. The van der Waals surface area contributed by atoms with Crippen LogP contribution < -0.4 is 22.2 Å². The first-order valence-electron chi connectivity index (χ1n) is 6.52. The quantitative estimate of drug-likeness (QED) is 0.644. The largest absolute Gasteiger partial charge is 0.324 e. The van der Waals surface area contributed by atoms with Crippen molar-refractivity contribution in [2.45, 2.75) is 26.8 Å². The van der Waals surface area contributed by atoms with Crippen LogP contribution in [-0.4, -0.2) is 22.1 Å². The first-order valence-corrected chi connectivity index (χ1v) is 6.52. The molecule has 0 spiro atoms. The van der Waals surface area contributed by atoms with E-state index in [0.29, 0.717) is 0 Å². The highest BCUT2D eigenvalue weighted by Crippen LogP contribution is 2.21. The summed E-state index contributed by atoms with van der Waals surface area (Å²) in [5.41, 5.74) is 4.83. The molecular weight excluding hydrogens is 272 g/mol. The van der Waals surface area contributed by atoms with Gasteiger partial charge in [-0.2, -0.15) is 0 Å². The first kappa shape index (κ1) is 15.0.